The van der Waals surface area contributed by atoms with Crippen molar-refractivity contribution in [3.05, 3.63) is 29.6 Å². The van der Waals surface area contributed by atoms with Crippen LogP contribution in [0.4, 0.5) is 4.79 Å². The second kappa shape index (κ2) is 6.60. The lowest BCUT2D eigenvalue weighted by Crippen LogP contribution is -2.53. The minimum Gasteiger partial charge on any atom is -0.480 e. The fraction of sp³-hybridized carbons (Fsp3) is 0.462. The van der Waals surface area contributed by atoms with Crippen LogP contribution in [0.1, 0.15) is 11.3 Å². The smallest absolute Gasteiger partial charge is 0.327 e. The van der Waals surface area contributed by atoms with Crippen LogP contribution >= 0.6 is 11.8 Å². The lowest BCUT2D eigenvalue weighted by molar-refractivity contribution is -0.141. The first kappa shape index (κ1) is 14.6. The molecule has 0 spiro atoms. The van der Waals surface area contributed by atoms with Gasteiger partial charge in [-0.1, -0.05) is 6.07 Å². The highest BCUT2D eigenvalue weighted by molar-refractivity contribution is 7.99. The number of thioether (sulfide) groups is 1. The molecule has 1 unspecified atom stereocenters. The summed E-state index contributed by atoms with van der Waals surface area (Å²) >= 11 is 1.56. The number of urea groups is 1. The van der Waals surface area contributed by atoms with Crippen molar-refractivity contribution in [1.29, 1.82) is 0 Å². The number of aromatic nitrogens is 1. The molecule has 2 heterocycles. The highest BCUT2D eigenvalue weighted by Crippen LogP contribution is 2.16. The van der Waals surface area contributed by atoms with Crippen molar-refractivity contribution in [3.63, 3.8) is 0 Å². The summed E-state index contributed by atoms with van der Waals surface area (Å²) in [5.74, 6) is 0.252. The highest BCUT2D eigenvalue weighted by atomic mass is 32.2. The van der Waals surface area contributed by atoms with E-state index in [4.69, 9.17) is 5.11 Å². The van der Waals surface area contributed by atoms with Crippen LogP contribution in [0.15, 0.2) is 18.3 Å². The normalized spacial score (nSPS) is 18.6. The number of carboxylic acids is 1. The van der Waals surface area contributed by atoms with E-state index in [9.17, 15) is 9.59 Å². The number of nitrogens with zero attached hydrogens (tertiary/aromatic N) is 2. The lowest BCUT2D eigenvalue weighted by atomic mass is 10.2. The Morgan fingerprint density at radius 1 is 1.55 bits per heavy atom. The number of aryl methyl sites for hydroxylation is 1. The van der Waals surface area contributed by atoms with Crippen molar-refractivity contribution in [1.82, 2.24) is 15.2 Å². The monoisotopic (exact) mass is 295 g/mol. The maximum atomic E-state index is 12.1. The molecule has 7 heteroatoms. The maximum absolute atomic E-state index is 12.1. The van der Waals surface area contributed by atoms with Crippen molar-refractivity contribution in [2.24, 2.45) is 0 Å². The molecule has 1 aromatic rings. The standard InChI is InChI=1S/C13H17N3O3S/c1-9-2-3-10(6-14-9)7-15-13(19)16-4-5-20-8-11(16)12(17)18/h2-3,6,11H,4-5,7-8H2,1H3,(H,15,19)(H,17,18). The Morgan fingerprint density at radius 3 is 3.00 bits per heavy atom. The molecule has 0 aromatic carbocycles. The Morgan fingerprint density at radius 2 is 2.35 bits per heavy atom. The topological polar surface area (TPSA) is 82.5 Å². The second-order valence-electron chi connectivity index (χ2n) is 4.59. The van der Waals surface area contributed by atoms with Gasteiger partial charge >= 0.3 is 12.0 Å². The Bertz CT molecular complexity index is 492. The molecular formula is C13H17N3O3S. The Hall–Kier alpha value is -1.76. The number of aliphatic carboxylic acids is 1. The molecule has 108 valence electrons. The first-order valence-electron chi connectivity index (χ1n) is 6.34. The van der Waals surface area contributed by atoms with Crippen LogP contribution < -0.4 is 5.32 Å². The van der Waals surface area contributed by atoms with Gasteiger partial charge in [0.25, 0.3) is 0 Å². The largest absolute Gasteiger partial charge is 0.480 e. The number of carboxylic acid groups (broad SMARTS) is 1. The summed E-state index contributed by atoms with van der Waals surface area (Å²) in [6, 6.07) is 2.69. The molecule has 2 N–H and O–H groups in total. The summed E-state index contributed by atoms with van der Waals surface area (Å²) in [6.45, 7) is 2.70. The molecule has 20 heavy (non-hydrogen) atoms. The van der Waals surface area contributed by atoms with Gasteiger partial charge in [-0.15, -0.1) is 0 Å². The van der Waals surface area contributed by atoms with E-state index >= 15 is 0 Å². The van der Waals surface area contributed by atoms with Crippen LogP contribution in [0.2, 0.25) is 0 Å². The fourth-order valence-corrected chi connectivity index (χ4v) is 2.97. The average Bonchev–Trinajstić information content (AvgIpc) is 2.46. The summed E-state index contributed by atoms with van der Waals surface area (Å²) in [6.07, 6.45) is 1.70. The maximum Gasteiger partial charge on any atom is 0.327 e. The minimum absolute atomic E-state index is 0.335. The average molecular weight is 295 g/mol. The first-order valence-corrected chi connectivity index (χ1v) is 7.50. The predicted octanol–water partition coefficient (Wildman–Crippen LogP) is 1.10. The van der Waals surface area contributed by atoms with Crippen LogP contribution in [0.5, 0.6) is 0 Å². The summed E-state index contributed by atoms with van der Waals surface area (Å²) in [4.78, 5) is 28.8. The second-order valence-corrected chi connectivity index (χ2v) is 5.74. The molecule has 0 bridgehead atoms. The number of nitrogens with one attached hydrogen (secondary N) is 1. The van der Waals surface area contributed by atoms with Crippen molar-refractivity contribution in [3.8, 4) is 0 Å². The number of pyridine rings is 1. The number of carbonyl (C=O) groups excluding carboxylic acids is 1. The number of hydrogen-bond acceptors (Lipinski definition) is 4. The van der Waals surface area contributed by atoms with Gasteiger partial charge in [-0.3, -0.25) is 4.98 Å². The quantitative estimate of drug-likeness (QED) is 0.872. The van der Waals surface area contributed by atoms with E-state index in [1.54, 1.807) is 18.0 Å². The molecule has 0 aliphatic carbocycles. The van der Waals surface area contributed by atoms with Crippen LogP contribution in [-0.4, -0.2) is 51.1 Å². The van der Waals surface area contributed by atoms with E-state index in [1.165, 1.54) is 4.90 Å². The molecule has 6 nitrogen and oxygen atoms in total. The number of amides is 2. The zero-order valence-corrected chi connectivity index (χ0v) is 12.0. The predicted molar refractivity (Wildman–Crippen MR) is 76.7 cm³/mol. The summed E-state index contributed by atoms with van der Waals surface area (Å²) in [5, 5.41) is 11.9. The first-order chi connectivity index (χ1) is 9.58. The molecule has 1 fully saturated rings. The van der Waals surface area contributed by atoms with E-state index in [2.05, 4.69) is 10.3 Å². The molecule has 1 atom stereocenters. The van der Waals surface area contributed by atoms with Gasteiger partial charge in [0.05, 0.1) is 0 Å². The third-order valence-corrected chi connectivity index (χ3v) is 4.11. The van der Waals surface area contributed by atoms with Gasteiger partial charge in [0.2, 0.25) is 0 Å². The zero-order valence-electron chi connectivity index (χ0n) is 11.2. The van der Waals surface area contributed by atoms with Crippen molar-refractivity contribution in [2.45, 2.75) is 19.5 Å². The van der Waals surface area contributed by atoms with Crippen LogP contribution in [0.3, 0.4) is 0 Å². The van der Waals surface area contributed by atoms with Gasteiger partial charge in [0.1, 0.15) is 6.04 Å². The third-order valence-electron chi connectivity index (χ3n) is 3.09. The van der Waals surface area contributed by atoms with Gasteiger partial charge in [-0.25, -0.2) is 9.59 Å². The number of carbonyl (C=O) groups is 2. The molecule has 1 aromatic heterocycles. The van der Waals surface area contributed by atoms with Gasteiger partial charge < -0.3 is 15.3 Å². The van der Waals surface area contributed by atoms with E-state index in [0.717, 1.165) is 17.0 Å². The molecule has 2 amide bonds. The van der Waals surface area contributed by atoms with Crippen molar-refractivity contribution in [2.75, 3.05) is 18.1 Å². The third kappa shape index (κ3) is 3.63. The SMILES string of the molecule is Cc1ccc(CNC(=O)N2CCSCC2C(=O)O)cn1. The molecule has 0 radical (unpaired) electrons. The molecular weight excluding hydrogens is 278 g/mol. The van der Waals surface area contributed by atoms with Gasteiger partial charge in [-0.05, 0) is 18.6 Å². The molecule has 1 aliphatic rings. The highest BCUT2D eigenvalue weighted by Gasteiger charge is 2.32. The zero-order chi connectivity index (χ0) is 14.5. The molecule has 0 saturated carbocycles. The Balaban J connectivity index is 1.93. The van der Waals surface area contributed by atoms with Crippen molar-refractivity contribution >= 4 is 23.8 Å². The van der Waals surface area contributed by atoms with Gasteiger partial charge in [0.15, 0.2) is 0 Å². The summed E-state index contributed by atoms with van der Waals surface area (Å²) < 4.78 is 0. The van der Waals surface area contributed by atoms with Crippen LogP contribution in [-0.2, 0) is 11.3 Å². The molecule has 1 saturated heterocycles. The van der Waals surface area contributed by atoms with E-state index < -0.39 is 12.0 Å². The van der Waals surface area contributed by atoms with E-state index in [0.29, 0.717) is 18.8 Å². The Labute approximate surface area is 121 Å². The Kier molecular flexibility index (Phi) is 4.84. The molecule has 1 aliphatic heterocycles. The van der Waals surface area contributed by atoms with E-state index in [1.807, 2.05) is 19.1 Å². The van der Waals surface area contributed by atoms with Crippen LogP contribution in [0.25, 0.3) is 0 Å². The number of hydrogen-bond donors (Lipinski definition) is 2. The minimum atomic E-state index is -0.954. The van der Waals surface area contributed by atoms with Crippen LogP contribution in [0, 0.1) is 6.92 Å². The van der Waals surface area contributed by atoms with E-state index in [-0.39, 0.29) is 6.03 Å². The molecule has 2 rings (SSSR count). The van der Waals surface area contributed by atoms with Crippen molar-refractivity contribution < 1.29 is 14.7 Å². The number of rotatable bonds is 3. The van der Waals surface area contributed by atoms with Gasteiger partial charge in [0, 0.05) is 36.5 Å². The fourth-order valence-electron chi connectivity index (χ4n) is 1.93. The summed E-state index contributed by atoms with van der Waals surface area (Å²) in [5.41, 5.74) is 1.81. The van der Waals surface area contributed by atoms with Gasteiger partial charge in [-0.2, -0.15) is 11.8 Å². The lowest BCUT2D eigenvalue weighted by Gasteiger charge is -2.32. The summed E-state index contributed by atoms with van der Waals surface area (Å²) in [7, 11) is 0.